The fourth-order valence-corrected chi connectivity index (χ4v) is 2.71. The van der Waals surface area contributed by atoms with Crippen LogP contribution in [0.4, 0.5) is 0 Å². The molecule has 1 atom stereocenters. The van der Waals surface area contributed by atoms with E-state index >= 15 is 0 Å². The highest BCUT2D eigenvalue weighted by atomic mass is 16.5. The summed E-state index contributed by atoms with van der Waals surface area (Å²) in [4.78, 5) is 12.2. The fraction of sp³-hybridized carbons (Fsp3) is 0.381. The first-order chi connectivity index (χ1) is 12.5. The number of carbonyl (C=O) groups is 1. The van der Waals surface area contributed by atoms with Crippen LogP contribution in [0.15, 0.2) is 42.5 Å². The number of methoxy groups -OCH3 is 2. The number of aryl methyl sites for hydroxylation is 2. The molecule has 1 amide bonds. The van der Waals surface area contributed by atoms with Gasteiger partial charge in [0.05, 0.1) is 14.2 Å². The van der Waals surface area contributed by atoms with Gasteiger partial charge in [-0.2, -0.15) is 0 Å². The number of nitrogens with one attached hydrogen (secondary N) is 1. The highest BCUT2D eigenvalue weighted by molar-refractivity contribution is 5.78. The summed E-state index contributed by atoms with van der Waals surface area (Å²) < 4.78 is 16.3. The van der Waals surface area contributed by atoms with Gasteiger partial charge in [-0.15, -0.1) is 0 Å². The van der Waals surface area contributed by atoms with Crippen molar-refractivity contribution in [1.29, 1.82) is 0 Å². The number of benzene rings is 2. The predicted molar refractivity (Wildman–Crippen MR) is 102 cm³/mol. The summed E-state index contributed by atoms with van der Waals surface area (Å²) in [5.74, 6) is 1.36. The molecule has 0 unspecified atom stereocenters. The summed E-state index contributed by atoms with van der Waals surface area (Å²) in [6.07, 6.45) is 1.79. The van der Waals surface area contributed by atoms with E-state index in [-0.39, 0.29) is 18.6 Å². The molecule has 0 saturated heterocycles. The molecule has 0 bridgehead atoms. The second-order valence-corrected chi connectivity index (χ2v) is 6.28. The zero-order chi connectivity index (χ0) is 18.9. The molecule has 0 aromatic heterocycles. The maximum atomic E-state index is 12.2. The van der Waals surface area contributed by atoms with Crippen molar-refractivity contribution in [1.82, 2.24) is 5.32 Å². The lowest BCUT2D eigenvalue weighted by molar-refractivity contribution is -0.123. The maximum absolute atomic E-state index is 12.2. The van der Waals surface area contributed by atoms with Gasteiger partial charge in [-0.25, -0.2) is 0 Å². The van der Waals surface area contributed by atoms with Crippen LogP contribution < -0.4 is 19.5 Å². The Morgan fingerprint density at radius 2 is 1.69 bits per heavy atom. The van der Waals surface area contributed by atoms with E-state index in [4.69, 9.17) is 14.2 Å². The van der Waals surface area contributed by atoms with Crippen molar-refractivity contribution in [2.45, 2.75) is 32.7 Å². The molecule has 0 aliphatic heterocycles. The van der Waals surface area contributed by atoms with Crippen molar-refractivity contribution >= 4 is 5.91 Å². The second-order valence-electron chi connectivity index (χ2n) is 6.28. The summed E-state index contributed by atoms with van der Waals surface area (Å²) in [6, 6.07) is 14.0. The Morgan fingerprint density at radius 1 is 1.08 bits per heavy atom. The Hall–Kier alpha value is -2.69. The maximum Gasteiger partial charge on any atom is 0.258 e. The molecule has 140 valence electrons. The molecule has 0 radical (unpaired) electrons. The number of rotatable bonds is 9. The third-order valence-corrected chi connectivity index (χ3v) is 4.07. The first kappa shape index (κ1) is 19.6. The number of carbonyl (C=O) groups excluding carboxylic acids is 1. The van der Waals surface area contributed by atoms with Gasteiger partial charge in [0.25, 0.3) is 5.91 Å². The summed E-state index contributed by atoms with van der Waals surface area (Å²) in [6.45, 7) is 3.84. The number of amides is 1. The quantitative estimate of drug-likeness (QED) is 0.746. The number of ether oxygens (including phenoxy) is 3. The zero-order valence-electron chi connectivity index (χ0n) is 15.9. The minimum Gasteiger partial charge on any atom is -0.493 e. The third kappa shape index (κ3) is 5.69. The van der Waals surface area contributed by atoms with Crippen molar-refractivity contribution in [3.63, 3.8) is 0 Å². The van der Waals surface area contributed by atoms with Crippen LogP contribution in [-0.2, 0) is 11.2 Å². The lowest BCUT2D eigenvalue weighted by Gasteiger charge is -2.17. The molecule has 0 aliphatic carbocycles. The average molecular weight is 357 g/mol. The molecule has 0 aliphatic rings. The van der Waals surface area contributed by atoms with Gasteiger partial charge in [0.15, 0.2) is 18.1 Å². The van der Waals surface area contributed by atoms with Crippen molar-refractivity contribution < 1.29 is 19.0 Å². The van der Waals surface area contributed by atoms with Crippen LogP contribution in [-0.4, -0.2) is 32.8 Å². The Labute approximate surface area is 155 Å². The lowest BCUT2D eigenvalue weighted by Crippen LogP contribution is -2.36. The molecule has 26 heavy (non-hydrogen) atoms. The molecule has 2 rings (SSSR count). The first-order valence-corrected chi connectivity index (χ1v) is 8.72. The van der Waals surface area contributed by atoms with Crippen molar-refractivity contribution in [2.75, 3.05) is 20.8 Å². The van der Waals surface area contributed by atoms with Crippen molar-refractivity contribution in [3.8, 4) is 17.2 Å². The molecule has 0 saturated carbocycles. The molecular weight excluding hydrogens is 330 g/mol. The monoisotopic (exact) mass is 357 g/mol. The van der Waals surface area contributed by atoms with Gasteiger partial charge >= 0.3 is 0 Å². The molecule has 5 nitrogen and oxygen atoms in total. The normalized spacial score (nSPS) is 11.5. The lowest BCUT2D eigenvalue weighted by atomic mass is 10.1. The standard InChI is InChI=1S/C21H27NO4/c1-15-12-18(24-3)21(19(13-15)25-4)26-14-20(23)22-16(2)10-11-17-8-6-5-7-9-17/h5-9,12-13,16H,10-11,14H2,1-4H3,(H,22,23)/t16-/m0/s1. The minimum atomic E-state index is -0.171. The summed E-state index contributed by atoms with van der Waals surface area (Å²) in [7, 11) is 3.12. The molecule has 0 fully saturated rings. The largest absolute Gasteiger partial charge is 0.493 e. The molecule has 0 spiro atoms. The Balaban J connectivity index is 1.86. The van der Waals surface area contributed by atoms with Gasteiger partial charge in [0.1, 0.15) is 0 Å². The van der Waals surface area contributed by atoms with E-state index in [1.165, 1.54) is 5.56 Å². The first-order valence-electron chi connectivity index (χ1n) is 8.72. The van der Waals surface area contributed by atoms with Crippen LogP contribution in [0.1, 0.15) is 24.5 Å². The topological polar surface area (TPSA) is 56.8 Å². The van der Waals surface area contributed by atoms with E-state index in [0.29, 0.717) is 17.2 Å². The van der Waals surface area contributed by atoms with Crippen LogP contribution in [0, 0.1) is 6.92 Å². The number of hydrogen-bond donors (Lipinski definition) is 1. The van der Waals surface area contributed by atoms with Gasteiger partial charge in [-0.1, -0.05) is 30.3 Å². The van der Waals surface area contributed by atoms with Crippen LogP contribution >= 0.6 is 0 Å². The van der Waals surface area contributed by atoms with Crippen molar-refractivity contribution in [2.24, 2.45) is 0 Å². The third-order valence-electron chi connectivity index (χ3n) is 4.07. The Kier molecular flexibility index (Phi) is 7.33. The van der Waals surface area contributed by atoms with Gasteiger partial charge < -0.3 is 19.5 Å². The van der Waals surface area contributed by atoms with Gasteiger partial charge in [-0.3, -0.25) is 4.79 Å². The Morgan fingerprint density at radius 3 is 2.27 bits per heavy atom. The molecule has 2 aromatic carbocycles. The summed E-state index contributed by atoms with van der Waals surface area (Å²) in [5, 5.41) is 2.96. The van der Waals surface area contributed by atoms with E-state index in [0.717, 1.165) is 18.4 Å². The molecular formula is C21H27NO4. The van der Waals surface area contributed by atoms with Crippen LogP contribution in [0.5, 0.6) is 17.2 Å². The second kappa shape index (κ2) is 9.70. The van der Waals surface area contributed by atoms with E-state index in [1.54, 1.807) is 14.2 Å². The molecule has 5 heteroatoms. The van der Waals surface area contributed by atoms with Crippen LogP contribution in [0.2, 0.25) is 0 Å². The summed E-state index contributed by atoms with van der Waals surface area (Å²) in [5.41, 5.74) is 2.25. The smallest absolute Gasteiger partial charge is 0.258 e. The zero-order valence-corrected chi connectivity index (χ0v) is 15.9. The SMILES string of the molecule is COc1cc(C)cc(OC)c1OCC(=O)N[C@@H](C)CCc1ccccc1. The molecule has 0 heterocycles. The Bertz CT molecular complexity index is 690. The molecule has 1 N–H and O–H groups in total. The minimum absolute atomic E-state index is 0.0631. The van der Waals surface area contributed by atoms with Gasteiger partial charge in [-0.05, 0) is 49.9 Å². The van der Waals surface area contributed by atoms with Crippen molar-refractivity contribution in [3.05, 3.63) is 53.6 Å². The van der Waals surface area contributed by atoms with Crippen LogP contribution in [0.25, 0.3) is 0 Å². The van der Waals surface area contributed by atoms with Gasteiger partial charge in [0, 0.05) is 6.04 Å². The van der Waals surface area contributed by atoms with Crippen LogP contribution in [0.3, 0.4) is 0 Å². The number of hydrogen-bond acceptors (Lipinski definition) is 4. The fourth-order valence-electron chi connectivity index (χ4n) is 2.71. The predicted octanol–water partition coefficient (Wildman–Crippen LogP) is 3.53. The highest BCUT2D eigenvalue weighted by Gasteiger charge is 2.15. The highest BCUT2D eigenvalue weighted by Crippen LogP contribution is 2.38. The molecule has 2 aromatic rings. The van der Waals surface area contributed by atoms with E-state index in [2.05, 4.69) is 17.4 Å². The van der Waals surface area contributed by atoms with E-state index in [9.17, 15) is 4.79 Å². The van der Waals surface area contributed by atoms with E-state index in [1.807, 2.05) is 44.2 Å². The average Bonchev–Trinajstić information content (AvgIpc) is 2.65. The summed E-state index contributed by atoms with van der Waals surface area (Å²) >= 11 is 0. The van der Waals surface area contributed by atoms with Gasteiger partial charge in [0.2, 0.25) is 5.75 Å². The van der Waals surface area contributed by atoms with E-state index < -0.39 is 0 Å².